The van der Waals surface area contributed by atoms with Crippen LogP contribution >= 0.6 is 23.3 Å². The van der Waals surface area contributed by atoms with Crippen molar-refractivity contribution in [3.63, 3.8) is 0 Å². The van der Waals surface area contributed by atoms with Crippen LogP contribution in [0.4, 0.5) is 0 Å². The summed E-state index contributed by atoms with van der Waals surface area (Å²) in [6.07, 6.45) is 2.88. The second kappa shape index (κ2) is 4.64. The Morgan fingerprint density at radius 1 is 1.62 bits per heavy atom. The molecular formula is C9H12N2S2. The normalized spacial score (nSPS) is 10.4. The zero-order valence-corrected chi connectivity index (χ0v) is 9.63. The van der Waals surface area contributed by atoms with Gasteiger partial charge in [0.1, 0.15) is 6.07 Å². The number of nitriles is 1. The molecule has 0 aliphatic carbocycles. The van der Waals surface area contributed by atoms with Crippen LogP contribution in [-0.4, -0.2) is 10.6 Å². The molecule has 0 spiro atoms. The molecule has 0 aliphatic rings. The highest BCUT2D eigenvalue weighted by molar-refractivity contribution is 8.00. The third kappa shape index (κ3) is 2.45. The average Bonchev–Trinajstić information content (AvgIpc) is 2.45. The minimum Gasteiger partial charge on any atom is -0.195 e. The Labute approximate surface area is 87.1 Å². The molecule has 2 nitrogen and oxygen atoms in total. The van der Waals surface area contributed by atoms with Crippen molar-refractivity contribution in [3.8, 4) is 6.07 Å². The largest absolute Gasteiger partial charge is 0.195 e. The monoisotopic (exact) mass is 212 g/mol. The number of nitrogens with zero attached hydrogens (tertiary/aromatic N) is 2. The molecule has 4 heteroatoms. The van der Waals surface area contributed by atoms with Gasteiger partial charge in [-0.1, -0.05) is 13.8 Å². The lowest BCUT2D eigenvalue weighted by Crippen LogP contribution is -1.96. The Bertz CT molecular complexity index is 323. The lowest BCUT2D eigenvalue weighted by Gasteiger charge is -2.00. The van der Waals surface area contributed by atoms with Crippen LogP contribution in [-0.2, 0) is 6.42 Å². The van der Waals surface area contributed by atoms with Gasteiger partial charge < -0.3 is 0 Å². The second-order valence-corrected chi connectivity index (χ2v) is 5.05. The predicted molar refractivity (Wildman–Crippen MR) is 57.2 cm³/mol. The molecule has 0 atom stereocenters. The smallest absolute Gasteiger partial charge is 0.103 e. The van der Waals surface area contributed by atoms with E-state index in [4.69, 9.17) is 5.26 Å². The molecule has 0 bridgehead atoms. The van der Waals surface area contributed by atoms with Crippen molar-refractivity contribution in [2.75, 3.05) is 6.26 Å². The van der Waals surface area contributed by atoms with Crippen LogP contribution in [0.25, 0.3) is 0 Å². The zero-order valence-electron chi connectivity index (χ0n) is 8.00. The maximum Gasteiger partial charge on any atom is 0.103 e. The van der Waals surface area contributed by atoms with Gasteiger partial charge in [-0.05, 0) is 30.1 Å². The van der Waals surface area contributed by atoms with Gasteiger partial charge in [0.15, 0.2) is 0 Å². The van der Waals surface area contributed by atoms with E-state index in [0.717, 1.165) is 21.9 Å². The molecule has 0 unspecified atom stereocenters. The van der Waals surface area contributed by atoms with E-state index in [0.29, 0.717) is 5.92 Å². The van der Waals surface area contributed by atoms with E-state index in [1.165, 1.54) is 11.5 Å². The standard InChI is InChI=1S/C9H12N2S2/c1-6(2)4-8-7(5-10)9(12-3)13-11-8/h6H,4H2,1-3H3. The maximum absolute atomic E-state index is 8.94. The van der Waals surface area contributed by atoms with Gasteiger partial charge in [-0.15, -0.1) is 11.8 Å². The van der Waals surface area contributed by atoms with Crippen molar-refractivity contribution in [1.29, 1.82) is 5.26 Å². The van der Waals surface area contributed by atoms with E-state index in [1.54, 1.807) is 11.8 Å². The summed E-state index contributed by atoms with van der Waals surface area (Å²) in [7, 11) is 0. The molecule has 70 valence electrons. The summed E-state index contributed by atoms with van der Waals surface area (Å²) in [5, 5.41) is 8.94. The fourth-order valence-corrected chi connectivity index (χ4v) is 2.47. The van der Waals surface area contributed by atoms with E-state index in [9.17, 15) is 0 Å². The fraction of sp³-hybridized carbons (Fsp3) is 0.556. The Balaban J connectivity index is 2.96. The minimum atomic E-state index is 0.559. The lowest BCUT2D eigenvalue weighted by atomic mass is 10.1. The van der Waals surface area contributed by atoms with Gasteiger partial charge >= 0.3 is 0 Å². The first-order valence-corrected chi connectivity index (χ1v) is 6.11. The molecule has 0 saturated carbocycles. The molecule has 1 aromatic heterocycles. The van der Waals surface area contributed by atoms with Gasteiger partial charge in [-0.2, -0.15) is 9.64 Å². The minimum absolute atomic E-state index is 0.559. The second-order valence-electron chi connectivity index (χ2n) is 3.21. The molecule has 1 heterocycles. The highest BCUT2D eigenvalue weighted by Gasteiger charge is 2.13. The van der Waals surface area contributed by atoms with Crippen molar-refractivity contribution < 1.29 is 0 Å². The van der Waals surface area contributed by atoms with Crippen LogP contribution in [0.15, 0.2) is 4.21 Å². The average molecular weight is 212 g/mol. The van der Waals surface area contributed by atoms with Crippen LogP contribution in [0.2, 0.25) is 0 Å². The third-order valence-electron chi connectivity index (χ3n) is 1.63. The van der Waals surface area contributed by atoms with Crippen molar-refractivity contribution in [2.45, 2.75) is 24.5 Å². The van der Waals surface area contributed by atoms with Gasteiger partial charge in [-0.25, -0.2) is 0 Å². The first-order valence-electron chi connectivity index (χ1n) is 4.11. The van der Waals surface area contributed by atoms with Crippen LogP contribution in [0.1, 0.15) is 25.1 Å². The third-order valence-corrected chi connectivity index (χ3v) is 3.61. The van der Waals surface area contributed by atoms with E-state index in [1.807, 2.05) is 6.26 Å². The van der Waals surface area contributed by atoms with Gasteiger partial charge in [0.25, 0.3) is 0 Å². The molecule has 0 saturated heterocycles. The van der Waals surface area contributed by atoms with Crippen LogP contribution in [0, 0.1) is 17.2 Å². The molecular weight excluding hydrogens is 200 g/mol. The SMILES string of the molecule is CSc1snc(CC(C)C)c1C#N. The predicted octanol–water partition coefficient (Wildman–Crippen LogP) is 2.94. The number of aromatic nitrogens is 1. The van der Waals surface area contributed by atoms with Crippen molar-refractivity contribution in [3.05, 3.63) is 11.3 Å². The summed E-state index contributed by atoms with van der Waals surface area (Å²) >= 11 is 3.03. The molecule has 0 N–H and O–H groups in total. The van der Waals surface area contributed by atoms with Gasteiger partial charge in [0.05, 0.1) is 15.5 Å². The summed E-state index contributed by atoms with van der Waals surface area (Å²) in [4.78, 5) is 0. The Kier molecular flexibility index (Phi) is 3.76. The zero-order chi connectivity index (χ0) is 9.84. The summed E-state index contributed by atoms with van der Waals surface area (Å²) in [6, 6.07) is 2.23. The summed E-state index contributed by atoms with van der Waals surface area (Å²) < 4.78 is 5.34. The quantitative estimate of drug-likeness (QED) is 0.723. The number of rotatable bonds is 3. The maximum atomic E-state index is 8.94. The highest BCUT2D eigenvalue weighted by Crippen LogP contribution is 2.28. The number of hydrogen-bond donors (Lipinski definition) is 0. The van der Waals surface area contributed by atoms with Crippen molar-refractivity contribution in [1.82, 2.24) is 4.37 Å². The first kappa shape index (κ1) is 10.6. The first-order chi connectivity index (χ1) is 6.19. The Morgan fingerprint density at radius 3 is 2.77 bits per heavy atom. The molecule has 0 radical (unpaired) electrons. The van der Waals surface area contributed by atoms with Crippen molar-refractivity contribution in [2.24, 2.45) is 5.92 Å². The Morgan fingerprint density at radius 2 is 2.31 bits per heavy atom. The van der Waals surface area contributed by atoms with E-state index in [-0.39, 0.29) is 0 Å². The molecule has 13 heavy (non-hydrogen) atoms. The van der Waals surface area contributed by atoms with E-state index in [2.05, 4.69) is 24.3 Å². The van der Waals surface area contributed by atoms with E-state index < -0.39 is 0 Å². The fourth-order valence-electron chi connectivity index (χ4n) is 1.08. The Hall–Kier alpha value is -0.530. The van der Waals surface area contributed by atoms with Gasteiger partial charge in [0.2, 0.25) is 0 Å². The molecule has 0 aliphatic heterocycles. The molecule has 1 aromatic rings. The highest BCUT2D eigenvalue weighted by atomic mass is 32.2. The van der Waals surface area contributed by atoms with Crippen LogP contribution in [0.3, 0.4) is 0 Å². The molecule has 1 rings (SSSR count). The molecule has 0 fully saturated rings. The van der Waals surface area contributed by atoms with Crippen LogP contribution in [0.5, 0.6) is 0 Å². The molecule has 0 amide bonds. The van der Waals surface area contributed by atoms with E-state index >= 15 is 0 Å². The summed E-state index contributed by atoms with van der Waals surface area (Å²) in [5.74, 6) is 0.559. The summed E-state index contributed by atoms with van der Waals surface area (Å²) in [5.41, 5.74) is 1.75. The van der Waals surface area contributed by atoms with Crippen molar-refractivity contribution >= 4 is 23.3 Å². The topological polar surface area (TPSA) is 36.7 Å². The summed E-state index contributed by atoms with van der Waals surface area (Å²) in [6.45, 7) is 4.28. The number of hydrogen-bond acceptors (Lipinski definition) is 4. The lowest BCUT2D eigenvalue weighted by molar-refractivity contribution is 0.638. The van der Waals surface area contributed by atoms with Gasteiger partial charge in [-0.3, -0.25) is 0 Å². The van der Waals surface area contributed by atoms with Crippen LogP contribution < -0.4 is 0 Å². The molecule has 0 aromatic carbocycles. The van der Waals surface area contributed by atoms with Gasteiger partial charge in [0, 0.05) is 0 Å². The number of thioether (sulfide) groups is 1.